The van der Waals surface area contributed by atoms with Gasteiger partial charge in [-0.25, -0.2) is 4.79 Å². The maximum atomic E-state index is 12.1. The van der Waals surface area contributed by atoms with Crippen molar-refractivity contribution in [2.24, 2.45) is 0 Å². The molecule has 0 aliphatic rings. The number of hydrogen-bond donors (Lipinski definition) is 1. The van der Waals surface area contributed by atoms with Crippen molar-refractivity contribution in [2.75, 3.05) is 26.5 Å². The summed E-state index contributed by atoms with van der Waals surface area (Å²) in [6.07, 6.45) is 1.46. The van der Waals surface area contributed by atoms with Gasteiger partial charge in [-0.2, -0.15) is 0 Å². The van der Waals surface area contributed by atoms with Crippen LogP contribution < -0.4 is 5.32 Å². The lowest BCUT2D eigenvalue weighted by atomic mass is 10.1. The standard InChI is InChI=1S/C17H24N2O5S/c1-17(2,3)18-14(20)10-19(4)15(21)11-24-16(22)12-8-6-7-9-13(12)25(5)23/h6-9H,10-11H2,1-5H3,(H,18,20)/t25-/m1/s1. The van der Waals surface area contributed by atoms with E-state index in [0.29, 0.717) is 4.90 Å². The van der Waals surface area contributed by atoms with Crippen molar-refractivity contribution in [3.8, 4) is 0 Å². The largest absolute Gasteiger partial charge is 0.452 e. The van der Waals surface area contributed by atoms with Crippen molar-refractivity contribution in [1.29, 1.82) is 0 Å². The molecule has 0 aliphatic carbocycles. The first-order chi connectivity index (χ1) is 11.5. The molecule has 0 heterocycles. The monoisotopic (exact) mass is 368 g/mol. The minimum absolute atomic E-state index is 0.136. The van der Waals surface area contributed by atoms with Crippen molar-refractivity contribution >= 4 is 28.6 Å². The molecular formula is C17H24N2O5S. The molecule has 0 saturated carbocycles. The van der Waals surface area contributed by atoms with Gasteiger partial charge in [0.15, 0.2) is 6.61 Å². The molecule has 1 aromatic rings. The van der Waals surface area contributed by atoms with Crippen LogP contribution in [0.15, 0.2) is 29.2 Å². The van der Waals surface area contributed by atoms with E-state index in [1.807, 2.05) is 20.8 Å². The molecule has 0 fully saturated rings. The minimum Gasteiger partial charge on any atom is -0.452 e. The van der Waals surface area contributed by atoms with Gasteiger partial charge in [0.1, 0.15) is 0 Å². The molecule has 1 atom stereocenters. The Labute approximate surface area is 150 Å². The minimum atomic E-state index is -1.35. The highest BCUT2D eigenvalue weighted by Gasteiger charge is 2.20. The second-order valence-corrected chi connectivity index (χ2v) is 7.92. The molecule has 0 spiro atoms. The van der Waals surface area contributed by atoms with Crippen molar-refractivity contribution < 1.29 is 23.3 Å². The number of carbonyl (C=O) groups excluding carboxylic acids is 3. The van der Waals surface area contributed by atoms with Gasteiger partial charge in [-0.05, 0) is 32.9 Å². The fraction of sp³-hybridized carbons (Fsp3) is 0.471. The molecular weight excluding hydrogens is 344 g/mol. The summed E-state index contributed by atoms with van der Waals surface area (Å²) in [5.41, 5.74) is -0.239. The molecule has 0 unspecified atom stereocenters. The van der Waals surface area contributed by atoms with E-state index in [1.54, 1.807) is 18.2 Å². The van der Waals surface area contributed by atoms with Crippen molar-refractivity contribution in [3.63, 3.8) is 0 Å². The zero-order valence-corrected chi connectivity index (χ0v) is 15.9. The molecule has 0 aliphatic heterocycles. The number of nitrogens with one attached hydrogen (secondary N) is 1. The molecule has 0 bridgehead atoms. The first-order valence-electron chi connectivity index (χ1n) is 7.66. The van der Waals surface area contributed by atoms with Crippen LogP contribution in [-0.4, -0.2) is 58.9 Å². The maximum absolute atomic E-state index is 12.1. The first-order valence-corrected chi connectivity index (χ1v) is 9.21. The number of ether oxygens (including phenoxy) is 1. The number of amides is 2. The third-order valence-corrected chi connectivity index (χ3v) is 4.04. The van der Waals surface area contributed by atoms with Gasteiger partial charge in [0.25, 0.3) is 5.91 Å². The Morgan fingerprint density at radius 1 is 1.20 bits per heavy atom. The van der Waals surface area contributed by atoms with E-state index in [2.05, 4.69) is 5.32 Å². The molecule has 0 saturated heterocycles. The number of benzene rings is 1. The molecule has 0 aromatic heterocycles. The van der Waals surface area contributed by atoms with Crippen LogP contribution in [0.1, 0.15) is 31.1 Å². The number of esters is 1. The third-order valence-electron chi connectivity index (χ3n) is 3.06. The number of hydrogen-bond acceptors (Lipinski definition) is 5. The summed E-state index contributed by atoms with van der Waals surface area (Å²) in [5, 5.41) is 2.74. The molecule has 0 radical (unpaired) electrons. The fourth-order valence-electron chi connectivity index (χ4n) is 1.96. The van der Waals surface area contributed by atoms with E-state index >= 15 is 0 Å². The number of nitrogens with zero attached hydrogens (tertiary/aromatic N) is 1. The van der Waals surface area contributed by atoms with Gasteiger partial charge in [-0.3, -0.25) is 13.8 Å². The smallest absolute Gasteiger partial charge is 0.339 e. The molecule has 1 aromatic carbocycles. The maximum Gasteiger partial charge on any atom is 0.339 e. The third kappa shape index (κ3) is 7.04. The van der Waals surface area contributed by atoms with Crippen LogP contribution >= 0.6 is 0 Å². The second kappa shape index (κ2) is 8.75. The van der Waals surface area contributed by atoms with Crippen LogP contribution in [0.2, 0.25) is 0 Å². The Morgan fingerprint density at radius 2 is 1.80 bits per heavy atom. The summed E-state index contributed by atoms with van der Waals surface area (Å²) in [7, 11) is 0.101. The van der Waals surface area contributed by atoms with Gasteiger partial charge in [-0.15, -0.1) is 0 Å². The van der Waals surface area contributed by atoms with E-state index in [-0.39, 0.29) is 18.0 Å². The van der Waals surface area contributed by atoms with Crippen LogP contribution in [0.5, 0.6) is 0 Å². The number of carbonyl (C=O) groups is 3. The van der Waals surface area contributed by atoms with Gasteiger partial charge >= 0.3 is 5.97 Å². The summed E-state index contributed by atoms with van der Waals surface area (Å²) in [4.78, 5) is 37.4. The predicted octanol–water partition coefficient (Wildman–Crippen LogP) is 0.954. The Balaban J connectivity index is 2.60. The summed E-state index contributed by atoms with van der Waals surface area (Å²) in [6.45, 7) is 4.88. The van der Waals surface area contributed by atoms with Gasteiger partial charge in [0.2, 0.25) is 5.91 Å². The summed E-state index contributed by atoms with van der Waals surface area (Å²) in [6, 6.07) is 6.35. The van der Waals surface area contributed by atoms with Crippen LogP contribution in [0.3, 0.4) is 0 Å². The lowest BCUT2D eigenvalue weighted by molar-refractivity contribution is -0.137. The topological polar surface area (TPSA) is 92.8 Å². The highest BCUT2D eigenvalue weighted by Crippen LogP contribution is 2.13. The molecule has 1 N–H and O–H groups in total. The summed E-state index contributed by atoms with van der Waals surface area (Å²) in [5.74, 6) is -1.54. The molecule has 25 heavy (non-hydrogen) atoms. The number of likely N-dealkylation sites (N-methyl/N-ethyl adjacent to an activating group) is 1. The molecule has 7 nitrogen and oxygen atoms in total. The van der Waals surface area contributed by atoms with E-state index in [1.165, 1.54) is 24.3 Å². The van der Waals surface area contributed by atoms with Crippen molar-refractivity contribution in [3.05, 3.63) is 29.8 Å². The van der Waals surface area contributed by atoms with Crippen molar-refractivity contribution in [1.82, 2.24) is 10.2 Å². The molecule has 1 rings (SSSR count). The Hall–Kier alpha value is -2.22. The highest BCUT2D eigenvalue weighted by atomic mass is 32.2. The predicted molar refractivity (Wildman–Crippen MR) is 94.6 cm³/mol. The highest BCUT2D eigenvalue weighted by molar-refractivity contribution is 7.84. The first kappa shape index (κ1) is 20.8. The van der Waals surface area contributed by atoms with Gasteiger partial charge in [0, 0.05) is 18.8 Å². The zero-order valence-electron chi connectivity index (χ0n) is 15.1. The van der Waals surface area contributed by atoms with Gasteiger partial charge in [-0.1, -0.05) is 12.1 Å². The summed E-state index contributed by atoms with van der Waals surface area (Å²) < 4.78 is 16.6. The van der Waals surface area contributed by atoms with Gasteiger partial charge in [0.05, 0.1) is 27.8 Å². The Bertz CT molecular complexity index is 682. The van der Waals surface area contributed by atoms with E-state index in [4.69, 9.17) is 4.74 Å². The normalized spacial score (nSPS) is 12.2. The molecule has 138 valence electrons. The molecule has 8 heteroatoms. The lowest BCUT2D eigenvalue weighted by Gasteiger charge is -2.23. The van der Waals surface area contributed by atoms with Crippen LogP contribution in [-0.2, 0) is 25.1 Å². The number of rotatable bonds is 6. The SMILES string of the molecule is CN(CC(=O)NC(C)(C)C)C(=O)COC(=O)c1ccccc1[S@@](C)=O. The Morgan fingerprint density at radius 3 is 2.36 bits per heavy atom. The quantitative estimate of drug-likeness (QED) is 0.755. The van der Waals surface area contributed by atoms with Crippen LogP contribution in [0.4, 0.5) is 0 Å². The zero-order chi connectivity index (χ0) is 19.2. The summed E-state index contributed by atoms with van der Waals surface area (Å²) >= 11 is 0. The van der Waals surface area contributed by atoms with Crippen LogP contribution in [0.25, 0.3) is 0 Å². The second-order valence-electron chi connectivity index (χ2n) is 6.57. The Kier molecular flexibility index (Phi) is 7.29. The average molecular weight is 368 g/mol. The van der Waals surface area contributed by atoms with E-state index in [9.17, 15) is 18.6 Å². The van der Waals surface area contributed by atoms with E-state index < -0.39 is 34.8 Å². The van der Waals surface area contributed by atoms with Gasteiger partial charge < -0.3 is 15.0 Å². The average Bonchev–Trinajstić information content (AvgIpc) is 2.50. The lowest BCUT2D eigenvalue weighted by Crippen LogP contribution is -2.46. The van der Waals surface area contributed by atoms with E-state index in [0.717, 1.165) is 0 Å². The van der Waals surface area contributed by atoms with Crippen molar-refractivity contribution in [2.45, 2.75) is 31.2 Å². The van der Waals surface area contributed by atoms with Crippen LogP contribution in [0, 0.1) is 0 Å². The fourth-order valence-corrected chi connectivity index (χ4v) is 2.69. The molecule has 2 amide bonds.